The lowest BCUT2D eigenvalue weighted by molar-refractivity contribution is -0.135. The second kappa shape index (κ2) is 5.30. The van der Waals surface area contributed by atoms with E-state index < -0.39 is 11.8 Å². The van der Waals surface area contributed by atoms with E-state index in [9.17, 15) is 14.4 Å². The van der Waals surface area contributed by atoms with Crippen molar-refractivity contribution in [2.24, 2.45) is 0 Å². The Bertz CT molecular complexity index is 566. The maximum absolute atomic E-state index is 11.5. The highest BCUT2D eigenvalue weighted by Gasteiger charge is 2.26. The molecule has 1 aliphatic rings. The lowest BCUT2D eigenvalue weighted by Gasteiger charge is -2.12. The largest absolute Gasteiger partial charge is 0.497 e. The van der Waals surface area contributed by atoms with Crippen molar-refractivity contribution in [3.63, 3.8) is 0 Å². The van der Waals surface area contributed by atoms with Crippen LogP contribution in [0.2, 0.25) is 0 Å². The van der Waals surface area contributed by atoms with Gasteiger partial charge in [-0.1, -0.05) is 12.1 Å². The van der Waals surface area contributed by atoms with Crippen LogP contribution in [0.15, 0.2) is 42.1 Å². The summed E-state index contributed by atoms with van der Waals surface area (Å²) in [5.41, 5.74) is 0.695. The molecule has 0 radical (unpaired) electrons. The Hall–Kier alpha value is -2.69. The van der Waals surface area contributed by atoms with Crippen molar-refractivity contribution >= 4 is 24.2 Å². The normalized spacial score (nSPS) is 15.0. The molecule has 0 aliphatic carbocycles. The highest BCUT2D eigenvalue weighted by molar-refractivity contribution is 6.17. The van der Waals surface area contributed by atoms with Crippen molar-refractivity contribution < 1.29 is 19.1 Å². The summed E-state index contributed by atoms with van der Waals surface area (Å²) in [6.45, 7) is 0. The van der Waals surface area contributed by atoms with Crippen molar-refractivity contribution in [2.45, 2.75) is 0 Å². The van der Waals surface area contributed by atoms with Crippen LogP contribution in [-0.2, 0) is 14.4 Å². The van der Waals surface area contributed by atoms with Crippen molar-refractivity contribution in [2.75, 3.05) is 7.11 Å². The highest BCUT2D eigenvalue weighted by Crippen LogP contribution is 2.17. The van der Waals surface area contributed by atoms with Crippen LogP contribution in [0, 0.1) is 0 Å². The summed E-state index contributed by atoms with van der Waals surface area (Å²) < 4.78 is 5.02. The van der Waals surface area contributed by atoms with Gasteiger partial charge in [-0.25, -0.2) is 4.90 Å². The van der Waals surface area contributed by atoms with Gasteiger partial charge in [0.1, 0.15) is 5.75 Å². The summed E-state index contributed by atoms with van der Waals surface area (Å²) in [7, 11) is 1.55. The van der Waals surface area contributed by atoms with Crippen LogP contribution in [0.1, 0.15) is 5.56 Å². The number of rotatable bonds is 4. The Labute approximate surface area is 109 Å². The Balaban J connectivity index is 2.30. The number of benzene rings is 1. The fourth-order valence-electron chi connectivity index (χ4n) is 1.68. The van der Waals surface area contributed by atoms with Crippen LogP contribution < -0.4 is 4.74 Å². The lowest BCUT2D eigenvalue weighted by atomic mass is 10.2. The molecule has 1 aliphatic heterocycles. The van der Waals surface area contributed by atoms with Crippen molar-refractivity contribution in [3.8, 4) is 5.75 Å². The van der Waals surface area contributed by atoms with Gasteiger partial charge in [-0.15, -0.1) is 0 Å². The monoisotopic (exact) mass is 257 g/mol. The van der Waals surface area contributed by atoms with Gasteiger partial charge in [0, 0.05) is 12.2 Å². The number of carbonyl (C=O) groups excluding carboxylic acids is 3. The van der Waals surface area contributed by atoms with E-state index in [1.807, 2.05) is 0 Å². The Morgan fingerprint density at radius 2 is 1.68 bits per heavy atom. The minimum atomic E-state index is -0.517. The predicted octanol–water partition coefficient (Wildman–Crippen LogP) is 1.16. The summed E-state index contributed by atoms with van der Waals surface area (Å²) in [5, 5.41) is 0. The average molecular weight is 257 g/mol. The van der Waals surface area contributed by atoms with Gasteiger partial charge >= 0.3 is 0 Å². The van der Waals surface area contributed by atoms with Gasteiger partial charge in [0.2, 0.25) is 0 Å². The van der Waals surface area contributed by atoms with Crippen molar-refractivity contribution in [1.29, 1.82) is 0 Å². The van der Waals surface area contributed by atoms with E-state index in [-0.39, 0.29) is 5.70 Å². The molecule has 5 nitrogen and oxygen atoms in total. The molecule has 0 saturated carbocycles. The first kappa shape index (κ1) is 12.8. The third kappa shape index (κ3) is 2.60. The molecule has 0 aromatic heterocycles. The number of methoxy groups -OCH3 is 1. The van der Waals surface area contributed by atoms with Crippen LogP contribution in [0.5, 0.6) is 5.75 Å². The minimum Gasteiger partial charge on any atom is -0.497 e. The molecule has 19 heavy (non-hydrogen) atoms. The fourth-order valence-corrected chi connectivity index (χ4v) is 1.68. The number of imide groups is 1. The number of aldehydes is 1. The molecule has 0 spiro atoms. The summed E-state index contributed by atoms with van der Waals surface area (Å²) in [6, 6.07) is 6.89. The zero-order chi connectivity index (χ0) is 13.8. The summed E-state index contributed by atoms with van der Waals surface area (Å²) in [4.78, 5) is 34.8. The minimum absolute atomic E-state index is 0.00478. The standard InChI is InChI=1S/C14H11NO4/c1-19-12-4-2-10(3-5-12)8-11(9-16)15-13(17)6-7-14(15)18/h2-9H,1H3. The first-order valence-electron chi connectivity index (χ1n) is 5.53. The molecule has 2 amide bonds. The molecule has 0 unspecified atom stereocenters. The summed E-state index contributed by atoms with van der Waals surface area (Å²) in [5.74, 6) is -0.353. The van der Waals surface area contributed by atoms with Crippen LogP contribution in [0.25, 0.3) is 6.08 Å². The van der Waals surface area contributed by atoms with Gasteiger partial charge in [-0.05, 0) is 23.8 Å². The van der Waals surface area contributed by atoms with Crippen LogP contribution in [0.3, 0.4) is 0 Å². The molecule has 1 aromatic carbocycles. The molecule has 2 rings (SSSR count). The lowest BCUT2D eigenvalue weighted by Crippen LogP contribution is -2.29. The molecular weight excluding hydrogens is 246 g/mol. The summed E-state index contributed by atoms with van der Waals surface area (Å²) >= 11 is 0. The Kier molecular flexibility index (Phi) is 3.56. The highest BCUT2D eigenvalue weighted by atomic mass is 16.5. The van der Waals surface area contributed by atoms with Crippen LogP contribution in [-0.4, -0.2) is 30.1 Å². The van der Waals surface area contributed by atoms with E-state index in [2.05, 4.69) is 0 Å². The first-order valence-corrected chi connectivity index (χ1v) is 5.53. The molecule has 5 heteroatoms. The predicted molar refractivity (Wildman–Crippen MR) is 68.0 cm³/mol. The molecule has 0 saturated heterocycles. The summed E-state index contributed by atoms with van der Waals surface area (Å²) in [6.07, 6.45) is 4.21. The number of allylic oxidation sites excluding steroid dienone is 1. The fraction of sp³-hybridized carbons (Fsp3) is 0.0714. The quantitative estimate of drug-likeness (QED) is 0.461. The smallest absolute Gasteiger partial charge is 0.258 e. The molecule has 0 atom stereocenters. The second-order valence-corrected chi connectivity index (χ2v) is 3.81. The van der Waals surface area contributed by atoms with E-state index in [1.54, 1.807) is 31.4 Å². The van der Waals surface area contributed by atoms with E-state index in [4.69, 9.17) is 4.74 Å². The molecule has 0 fully saturated rings. The number of amides is 2. The van der Waals surface area contributed by atoms with E-state index in [0.29, 0.717) is 17.6 Å². The first-order chi connectivity index (χ1) is 9.15. The van der Waals surface area contributed by atoms with Crippen LogP contribution in [0.4, 0.5) is 0 Å². The topological polar surface area (TPSA) is 63.7 Å². The van der Waals surface area contributed by atoms with E-state index in [0.717, 1.165) is 17.1 Å². The zero-order valence-electron chi connectivity index (χ0n) is 10.2. The van der Waals surface area contributed by atoms with E-state index in [1.165, 1.54) is 6.08 Å². The number of carbonyl (C=O) groups is 3. The zero-order valence-corrected chi connectivity index (χ0v) is 10.2. The van der Waals surface area contributed by atoms with Crippen LogP contribution >= 0.6 is 0 Å². The molecule has 0 N–H and O–H groups in total. The Morgan fingerprint density at radius 3 is 2.16 bits per heavy atom. The maximum Gasteiger partial charge on any atom is 0.258 e. The van der Waals surface area contributed by atoms with Crippen molar-refractivity contribution in [1.82, 2.24) is 4.90 Å². The number of nitrogens with zero attached hydrogens (tertiary/aromatic N) is 1. The number of hydrogen-bond donors (Lipinski definition) is 0. The number of ether oxygens (including phenoxy) is 1. The second-order valence-electron chi connectivity index (χ2n) is 3.81. The number of hydrogen-bond acceptors (Lipinski definition) is 4. The molecule has 96 valence electrons. The molecular formula is C14H11NO4. The average Bonchev–Trinajstić information content (AvgIpc) is 2.76. The maximum atomic E-state index is 11.5. The van der Waals surface area contributed by atoms with Crippen molar-refractivity contribution in [3.05, 3.63) is 47.7 Å². The van der Waals surface area contributed by atoms with E-state index >= 15 is 0 Å². The van der Waals surface area contributed by atoms with Gasteiger partial charge in [-0.2, -0.15) is 0 Å². The third-order valence-electron chi connectivity index (χ3n) is 2.62. The Morgan fingerprint density at radius 1 is 1.11 bits per heavy atom. The van der Waals surface area contributed by atoms with Gasteiger partial charge in [-0.3, -0.25) is 14.4 Å². The van der Waals surface area contributed by atoms with Gasteiger partial charge in [0.25, 0.3) is 11.8 Å². The van der Waals surface area contributed by atoms with Gasteiger partial charge < -0.3 is 4.74 Å². The molecule has 0 bridgehead atoms. The third-order valence-corrected chi connectivity index (χ3v) is 2.62. The van der Waals surface area contributed by atoms with Gasteiger partial charge in [0.05, 0.1) is 12.8 Å². The molecule has 1 heterocycles. The van der Waals surface area contributed by atoms with Gasteiger partial charge in [0.15, 0.2) is 6.29 Å². The SMILES string of the molecule is COc1ccc(C=C(C=O)N2C(=O)C=CC2=O)cc1. The molecule has 1 aromatic rings.